The van der Waals surface area contributed by atoms with Crippen molar-refractivity contribution in [2.24, 2.45) is 5.92 Å². The minimum atomic E-state index is 0.0419. The van der Waals surface area contributed by atoms with Crippen LogP contribution in [0, 0.1) is 5.92 Å². The van der Waals surface area contributed by atoms with Crippen LogP contribution in [0.2, 0.25) is 0 Å². The van der Waals surface area contributed by atoms with Gasteiger partial charge in [-0.05, 0) is 51.4 Å². The normalized spacial score (nSPS) is 37.9. The van der Waals surface area contributed by atoms with Gasteiger partial charge >= 0.3 is 0 Å². The van der Waals surface area contributed by atoms with Crippen molar-refractivity contribution in [3.05, 3.63) is 11.1 Å². The van der Waals surface area contributed by atoms with Crippen molar-refractivity contribution >= 4 is 11.8 Å². The van der Waals surface area contributed by atoms with Crippen molar-refractivity contribution in [3.63, 3.8) is 0 Å². The Labute approximate surface area is 139 Å². The second-order valence-corrected chi connectivity index (χ2v) is 8.28. The molecule has 23 heavy (non-hydrogen) atoms. The molecule has 0 aromatic heterocycles. The minimum absolute atomic E-state index is 0.0419. The average Bonchev–Trinajstić information content (AvgIpc) is 2.80. The second kappa shape index (κ2) is 5.73. The van der Waals surface area contributed by atoms with Crippen LogP contribution in [0.25, 0.3) is 0 Å². The van der Waals surface area contributed by atoms with Gasteiger partial charge in [-0.15, -0.1) is 0 Å². The first-order chi connectivity index (χ1) is 11.1. The zero-order valence-corrected chi connectivity index (χ0v) is 14.4. The number of piperidine rings is 2. The molecule has 126 valence electrons. The van der Waals surface area contributed by atoms with Gasteiger partial charge in [-0.2, -0.15) is 0 Å². The first-order valence-corrected chi connectivity index (χ1v) is 9.52. The molecule has 3 unspecified atom stereocenters. The summed E-state index contributed by atoms with van der Waals surface area (Å²) in [6, 6.07) is 0.649. The molecule has 3 heterocycles. The molecule has 3 aliphatic heterocycles. The van der Waals surface area contributed by atoms with E-state index in [9.17, 15) is 9.59 Å². The van der Waals surface area contributed by atoms with Crippen LogP contribution in [0.15, 0.2) is 11.1 Å². The lowest BCUT2D eigenvalue weighted by molar-refractivity contribution is -0.947. The molecule has 4 nitrogen and oxygen atoms in total. The van der Waals surface area contributed by atoms with Crippen molar-refractivity contribution in [3.8, 4) is 0 Å². The Morgan fingerprint density at radius 1 is 0.913 bits per heavy atom. The second-order valence-electron chi connectivity index (χ2n) is 8.28. The van der Waals surface area contributed by atoms with Crippen molar-refractivity contribution < 1.29 is 14.1 Å². The Bertz CT molecular complexity index is 536. The Balaban J connectivity index is 1.52. The maximum Gasteiger partial charge on any atom is 0.257 e. The van der Waals surface area contributed by atoms with E-state index in [1.165, 1.54) is 49.7 Å². The van der Waals surface area contributed by atoms with Gasteiger partial charge in [0.15, 0.2) is 0 Å². The van der Waals surface area contributed by atoms with Gasteiger partial charge in [0.25, 0.3) is 11.8 Å². The first-order valence-electron chi connectivity index (χ1n) is 9.52. The summed E-state index contributed by atoms with van der Waals surface area (Å²) >= 11 is 0. The Kier molecular flexibility index (Phi) is 3.83. The molecule has 3 atom stereocenters. The lowest BCUT2D eigenvalue weighted by Crippen LogP contribution is -2.62. The van der Waals surface area contributed by atoms with E-state index in [1.54, 1.807) is 4.90 Å². The summed E-state index contributed by atoms with van der Waals surface area (Å²) in [5.41, 5.74) is 1.69. The number of fused-ring (bicyclic) bond motifs is 1. The predicted molar refractivity (Wildman–Crippen MR) is 88.5 cm³/mol. The number of hydrogen-bond donors (Lipinski definition) is 0. The molecule has 2 amide bonds. The first kappa shape index (κ1) is 15.4. The highest BCUT2D eigenvalue weighted by molar-refractivity contribution is 6.19. The fourth-order valence-electron chi connectivity index (χ4n) is 5.64. The molecule has 4 aliphatic rings. The zero-order valence-electron chi connectivity index (χ0n) is 14.4. The van der Waals surface area contributed by atoms with E-state index in [0.717, 1.165) is 36.8 Å². The lowest BCUT2D eigenvalue weighted by atomic mass is 9.81. The number of quaternary nitrogens is 1. The predicted octanol–water partition coefficient (Wildman–Crippen LogP) is 2.63. The number of imide groups is 1. The summed E-state index contributed by atoms with van der Waals surface area (Å²) in [5, 5.41) is 0. The third kappa shape index (κ3) is 2.46. The minimum Gasteiger partial charge on any atom is -0.323 e. The molecule has 4 rings (SSSR count). The molecule has 2 saturated heterocycles. The summed E-state index contributed by atoms with van der Waals surface area (Å²) in [5.74, 6) is 0.587. The standard InChI is InChI=1S/C19H29N2O2/c1-21-11-5-4-10-17(21)14(7-6-12-21)13-20-18(22)15-8-2-3-9-16(15)19(20)23/h14,17H,2-13H2,1H3/q+1. The fraction of sp³-hybridized carbons (Fsp3) is 0.789. The Morgan fingerprint density at radius 3 is 2.26 bits per heavy atom. The summed E-state index contributed by atoms with van der Waals surface area (Å²) in [7, 11) is 2.40. The van der Waals surface area contributed by atoms with Crippen molar-refractivity contribution in [2.45, 2.75) is 63.8 Å². The van der Waals surface area contributed by atoms with Crippen LogP contribution in [0.4, 0.5) is 0 Å². The van der Waals surface area contributed by atoms with Crippen LogP contribution in [-0.2, 0) is 9.59 Å². The van der Waals surface area contributed by atoms with Gasteiger partial charge in [0.1, 0.15) is 0 Å². The zero-order chi connectivity index (χ0) is 16.0. The molecule has 0 radical (unpaired) electrons. The van der Waals surface area contributed by atoms with E-state index in [2.05, 4.69) is 7.05 Å². The molecule has 0 N–H and O–H groups in total. The van der Waals surface area contributed by atoms with E-state index in [1.807, 2.05) is 0 Å². The van der Waals surface area contributed by atoms with Crippen LogP contribution >= 0.6 is 0 Å². The quantitative estimate of drug-likeness (QED) is 0.580. The van der Waals surface area contributed by atoms with Gasteiger partial charge in [-0.25, -0.2) is 0 Å². The molecular formula is C19H29N2O2+. The van der Waals surface area contributed by atoms with Crippen molar-refractivity contribution in [2.75, 3.05) is 26.7 Å². The molecule has 0 bridgehead atoms. The average molecular weight is 317 g/mol. The SMILES string of the molecule is C[N+]12CCCCC1C(CN1C(=O)C3=C(CCCC3)C1=O)CCC2. The van der Waals surface area contributed by atoms with Crippen molar-refractivity contribution in [1.29, 1.82) is 0 Å². The van der Waals surface area contributed by atoms with Crippen LogP contribution in [-0.4, -0.2) is 53.9 Å². The maximum absolute atomic E-state index is 12.7. The van der Waals surface area contributed by atoms with Crippen LogP contribution in [0.3, 0.4) is 0 Å². The third-order valence-corrected chi connectivity index (χ3v) is 6.90. The summed E-state index contributed by atoms with van der Waals surface area (Å²) in [6.45, 7) is 3.22. The number of hydrogen-bond acceptors (Lipinski definition) is 2. The number of rotatable bonds is 2. The van der Waals surface area contributed by atoms with Gasteiger partial charge in [0.05, 0.1) is 26.2 Å². The topological polar surface area (TPSA) is 37.4 Å². The summed E-state index contributed by atoms with van der Waals surface area (Å²) in [6.07, 6.45) is 10.1. The van der Waals surface area contributed by atoms with Gasteiger partial charge in [0, 0.05) is 30.0 Å². The number of carbonyl (C=O) groups is 2. The van der Waals surface area contributed by atoms with Gasteiger partial charge in [0.2, 0.25) is 0 Å². The van der Waals surface area contributed by atoms with E-state index >= 15 is 0 Å². The molecule has 0 aromatic rings. The number of nitrogens with zero attached hydrogens (tertiary/aromatic N) is 2. The molecule has 2 fully saturated rings. The smallest absolute Gasteiger partial charge is 0.257 e. The van der Waals surface area contributed by atoms with Gasteiger partial charge < -0.3 is 4.48 Å². The van der Waals surface area contributed by atoms with Gasteiger partial charge in [-0.3, -0.25) is 14.5 Å². The molecule has 4 heteroatoms. The van der Waals surface area contributed by atoms with E-state index in [-0.39, 0.29) is 11.8 Å². The highest BCUT2D eigenvalue weighted by Crippen LogP contribution is 2.39. The highest BCUT2D eigenvalue weighted by Gasteiger charge is 2.47. The van der Waals surface area contributed by atoms with E-state index < -0.39 is 0 Å². The summed E-state index contributed by atoms with van der Waals surface area (Å²) < 4.78 is 1.17. The number of amides is 2. The summed E-state index contributed by atoms with van der Waals surface area (Å²) in [4.78, 5) is 27.0. The fourth-order valence-corrected chi connectivity index (χ4v) is 5.64. The monoisotopic (exact) mass is 317 g/mol. The van der Waals surface area contributed by atoms with Crippen LogP contribution < -0.4 is 0 Å². The van der Waals surface area contributed by atoms with E-state index in [4.69, 9.17) is 0 Å². The lowest BCUT2D eigenvalue weighted by Gasteiger charge is -2.51. The number of carbonyl (C=O) groups excluding carboxylic acids is 2. The van der Waals surface area contributed by atoms with Crippen LogP contribution in [0.1, 0.15) is 57.8 Å². The van der Waals surface area contributed by atoms with Crippen molar-refractivity contribution in [1.82, 2.24) is 4.90 Å². The van der Waals surface area contributed by atoms with Crippen LogP contribution in [0.5, 0.6) is 0 Å². The largest absolute Gasteiger partial charge is 0.323 e. The van der Waals surface area contributed by atoms with E-state index in [0.29, 0.717) is 18.5 Å². The highest BCUT2D eigenvalue weighted by atomic mass is 16.2. The van der Waals surface area contributed by atoms with Gasteiger partial charge in [-0.1, -0.05) is 0 Å². The molecular weight excluding hydrogens is 288 g/mol. The molecule has 0 aromatic carbocycles. The Morgan fingerprint density at radius 2 is 1.57 bits per heavy atom. The maximum atomic E-state index is 12.7. The Hall–Kier alpha value is -1.16. The molecule has 1 aliphatic carbocycles. The molecule has 0 spiro atoms. The third-order valence-electron chi connectivity index (χ3n) is 6.90. The molecule has 0 saturated carbocycles.